The van der Waals surface area contributed by atoms with Crippen LogP contribution in [0.25, 0.3) is 10.2 Å². The van der Waals surface area contributed by atoms with Crippen LogP contribution in [0.5, 0.6) is 11.5 Å². The van der Waals surface area contributed by atoms with E-state index in [1.807, 2.05) is 0 Å². The van der Waals surface area contributed by atoms with Crippen LogP contribution in [0.15, 0.2) is 35.3 Å². The maximum absolute atomic E-state index is 14.5. The second-order valence-electron chi connectivity index (χ2n) is 5.99. The van der Waals surface area contributed by atoms with E-state index in [1.165, 1.54) is 24.9 Å². The molecule has 3 aromatic rings. The highest BCUT2D eigenvalue weighted by atomic mass is 32.1. The first-order chi connectivity index (χ1) is 14.4. The molecule has 1 aromatic heterocycles. The molecule has 0 N–H and O–H groups in total. The topological polar surface area (TPSA) is 79.1 Å². The Balaban J connectivity index is 2.19. The zero-order valence-corrected chi connectivity index (χ0v) is 17.2. The number of fused-ring (bicyclic) bond motifs is 1. The third-order valence-electron chi connectivity index (χ3n) is 4.12. The Morgan fingerprint density at radius 3 is 2.57 bits per heavy atom. The van der Waals surface area contributed by atoms with Crippen molar-refractivity contribution in [2.75, 3.05) is 20.8 Å². The molecule has 158 valence electrons. The van der Waals surface area contributed by atoms with Crippen molar-refractivity contribution in [2.24, 2.45) is 4.99 Å². The quantitative estimate of drug-likeness (QED) is 0.554. The molecular weight excluding hydrogens is 418 g/mol. The van der Waals surface area contributed by atoms with Gasteiger partial charge in [0, 0.05) is 6.07 Å². The highest BCUT2D eigenvalue weighted by Crippen LogP contribution is 2.26. The van der Waals surface area contributed by atoms with Crippen molar-refractivity contribution in [3.63, 3.8) is 0 Å². The summed E-state index contributed by atoms with van der Waals surface area (Å²) in [5, 5.41) is 0. The summed E-state index contributed by atoms with van der Waals surface area (Å²) in [5.74, 6) is -2.32. The number of carbonyl (C=O) groups is 2. The fourth-order valence-corrected chi connectivity index (χ4v) is 3.89. The highest BCUT2D eigenvalue weighted by molar-refractivity contribution is 7.16. The van der Waals surface area contributed by atoms with Crippen molar-refractivity contribution in [3.8, 4) is 11.5 Å². The molecule has 3 rings (SSSR count). The van der Waals surface area contributed by atoms with Crippen LogP contribution in [-0.2, 0) is 16.1 Å². The van der Waals surface area contributed by atoms with E-state index in [9.17, 15) is 18.4 Å². The van der Waals surface area contributed by atoms with Crippen molar-refractivity contribution < 1.29 is 32.6 Å². The first kappa shape index (κ1) is 21.4. The molecule has 0 fully saturated rings. The number of halogens is 2. The number of hydrogen-bond donors (Lipinski definition) is 0. The summed E-state index contributed by atoms with van der Waals surface area (Å²) < 4.78 is 44.8. The largest absolute Gasteiger partial charge is 0.497 e. The van der Waals surface area contributed by atoms with Crippen LogP contribution in [0.1, 0.15) is 17.3 Å². The molecule has 30 heavy (non-hydrogen) atoms. The minimum atomic E-state index is -0.876. The van der Waals surface area contributed by atoms with E-state index < -0.39 is 30.1 Å². The lowest BCUT2D eigenvalue weighted by Crippen LogP contribution is -2.23. The van der Waals surface area contributed by atoms with Gasteiger partial charge in [-0.1, -0.05) is 11.3 Å². The third kappa shape index (κ3) is 4.33. The van der Waals surface area contributed by atoms with Crippen LogP contribution < -0.4 is 14.3 Å². The molecule has 0 saturated heterocycles. The van der Waals surface area contributed by atoms with Crippen molar-refractivity contribution in [2.45, 2.75) is 13.5 Å². The van der Waals surface area contributed by atoms with Gasteiger partial charge in [-0.05, 0) is 31.2 Å². The lowest BCUT2D eigenvalue weighted by molar-refractivity contribution is -0.143. The lowest BCUT2D eigenvalue weighted by Gasteiger charge is -2.08. The van der Waals surface area contributed by atoms with Crippen LogP contribution in [0.2, 0.25) is 0 Å². The number of thiazole rings is 1. The zero-order valence-electron chi connectivity index (χ0n) is 16.4. The molecule has 0 aliphatic heterocycles. The van der Waals surface area contributed by atoms with E-state index in [2.05, 4.69) is 4.99 Å². The third-order valence-corrected chi connectivity index (χ3v) is 5.15. The molecule has 0 aliphatic carbocycles. The number of amides is 1. The number of rotatable bonds is 6. The number of methoxy groups -OCH3 is 2. The van der Waals surface area contributed by atoms with E-state index in [1.54, 1.807) is 19.1 Å². The normalized spacial score (nSPS) is 11.6. The smallest absolute Gasteiger partial charge is 0.326 e. The Morgan fingerprint density at radius 2 is 1.90 bits per heavy atom. The van der Waals surface area contributed by atoms with E-state index in [-0.39, 0.29) is 32.9 Å². The van der Waals surface area contributed by atoms with Gasteiger partial charge in [0.05, 0.1) is 36.6 Å². The number of aromatic nitrogens is 1. The van der Waals surface area contributed by atoms with E-state index in [0.29, 0.717) is 11.8 Å². The second-order valence-corrected chi connectivity index (χ2v) is 7.00. The summed E-state index contributed by atoms with van der Waals surface area (Å²) in [5.41, 5.74) is 0.0715. The van der Waals surface area contributed by atoms with Crippen molar-refractivity contribution in [1.29, 1.82) is 0 Å². The van der Waals surface area contributed by atoms with Crippen molar-refractivity contribution >= 4 is 33.4 Å². The van der Waals surface area contributed by atoms with Crippen LogP contribution >= 0.6 is 11.3 Å². The van der Waals surface area contributed by atoms with Gasteiger partial charge in [0.1, 0.15) is 23.9 Å². The van der Waals surface area contributed by atoms with E-state index >= 15 is 0 Å². The molecule has 0 unspecified atom stereocenters. The van der Waals surface area contributed by atoms with Crippen LogP contribution in [0, 0.1) is 11.6 Å². The van der Waals surface area contributed by atoms with Crippen LogP contribution in [-0.4, -0.2) is 37.3 Å². The standard InChI is InChI=1S/C20H18F2N2O5S/c1-4-29-17(25)10-24-18-14(22)7-11(21)8-16(18)30-20(24)23-19(26)13-9-12(27-2)5-6-15(13)28-3/h5-9H,4,10H2,1-3H3. The SMILES string of the molecule is CCOC(=O)Cn1c(=NC(=O)c2cc(OC)ccc2OC)sc2cc(F)cc(F)c21. The van der Waals surface area contributed by atoms with Gasteiger partial charge < -0.3 is 18.8 Å². The van der Waals surface area contributed by atoms with Gasteiger partial charge in [0.2, 0.25) is 0 Å². The van der Waals surface area contributed by atoms with E-state index in [0.717, 1.165) is 17.4 Å². The number of benzene rings is 2. The number of hydrogen-bond acceptors (Lipinski definition) is 6. The number of carbonyl (C=O) groups excluding carboxylic acids is 2. The maximum atomic E-state index is 14.5. The van der Waals surface area contributed by atoms with Crippen molar-refractivity contribution in [1.82, 2.24) is 4.57 Å². The van der Waals surface area contributed by atoms with Crippen molar-refractivity contribution in [3.05, 3.63) is 52.3 Å². The van der Waals surface area contributed by atoms with Gasteiger partial charge in [0.25, 0.3) is 5.91 Å². The van der Waals surface area contributed by atoms with Gasteiger partial charge in [-0.15, -0.1) is 0 Å². The number of esters is 1. The first-order valence-electron chi connectivity index (χ1n) is 8.83. The number of ether oxygens (including phenoxy) is 3. The Labute approximate surface area is 174 Å². The molecule has 0 aliphatic rings. The minimum absolute atomic E-state index is 0.0115. The Hall–Kier alpha value is -3.27. The van der Waals surface area contributed by atoms with Gasteiger partial charge >= 0.3 is 5.97 Å². The molecule has 0 bridgehead atoms. The molecular formula is C20H18F2N2O5S. The fourth-order valence-electron chi connectivity index (χ4n) is 2.83. The van der Waals surface area contributed by atoms with Gasteiger partial charge in [0.15, 0.2) is 10.6 Å². The summed E-state index contributed by atoms with van der Waals surface area (Å²) in [6, 6.07) is 6.43. The second kappa shape index (κ2) is 9.04. The van der Waals surface area contributed by atoms with Gasteiger partial charge in [-0.3, -0.25) is 9.59 Å². The maximum Gasteiger partial charge on any atom is 0.326 e. The first-order valence-corrected chi connectivity index (χ1v) is 9.64. The molecule has 2 aromatic carbocycles. The average Bonchev–Trinajstić information content (AvgIpc) is 3.04. The average molecular weight is 436 g/mol. The lowest BCUT2D eigenvalue weighted by atomic mass is 10.2. The van der Waals surface area contributed by atoms with E-state index in [4.69, 9.17) is 14.2 Å². The molecule has 7 nitrogen and oxygen atoms in total. The summed E-state index contributed by atoms with van der Waals surface area (Å²) >= 11 is 0.874. The number of nitrogens with zero attached hydrogens (tertiary/aromatic N) is 2. The molecule has 0 radical (unpaired) electrons. The summed E-state index contributed by atoms with van der Waals surface area (Å²) in [6.45, 7) is 1.37. The van der Waals surface area contributed by atoms with Crippen LogP contribution in [0.4, 0.5) is 8.78 Å². The fraction of sp³-hybridized carbons (Fsp3) is 0.250. The Bertz CT molecular complexity index is 1190. The Kier molecular flexibility index (Phi) is 6.46. The molecule has 0 atom stereocenters. The predicted octanol–water partition coefficient (Wildman–Crippen LogP) is 3.30. The molecule has 0 saturated carbocycles. The Morgan fingerprint density at radius 1 is 1.13 bits per heavy atom. The molecule has 10 heteroatoms. The molecule has 0 spiro atoms. The summed E-state index contributed by atoms with van der Waals surface area (Å²) in [4.78, 5) is 28.9. The summed E-state index contributed by atoms with van der Waals surface area (Å²) in [7, 11) is 2.85. The monoisotopic (exact) mass is 436 g/mol. The van der Waals surface area contributed by atoms with Gasteiger partial charge in [-0.25, -0.2) is 8.78 Å². The minimum Gasteiger partial charge on any atom is -0.497 e. The van der Waals surface area contributed by atoms with Gasteiger partial charge in [-0.2, -0.15) is 4.99 Å². The zero-order chi connectivity index (χ0) is 21.8. The predicted molar refractivity (Wildman–Crippen MR) is 106 cm³/mol. The molecule has 1 amide bonds. The molecule has 1 heterocycles. The summed E-state index contributed by atoms with van der Waals surface area (Å²) in [6.07, 6.45) is 0. The highest BCUT2D eigenvalue weighted by Gasteiger charge is 2.18. The van der Waals surface area contributed by atoms with Crippen LogP contribution in [0.3, 0.4) is 0 Å².